The molecule has 0 aliphatic carbocycles. The van der Waals surface area contributed by atoms with Crippen molar-refractivity contribution >= 4 is 22.6 Å². The number of aliphatic hydroxyl groups is 2. The van der Waals surface area contributed by atoms with Crippen LogP contribution in [0.25, 0.3) is 0 Å². The quantitative estimate of drug-likeness (QED) is 0.449. The average Bonchev–Trinajstić information content (AvgIpc) is 2.74. The number of halogens is 1. The van der Waals surface area contributed by atoms with E-state index in [1.54, 1.807) is 22.6 Å². The summed E-state index contributed by atoms with van der Waals surface area (Å²) in [6, 6.07) is 0. The second-order valence-electron chi connectivity index (χ2n) is 4.04. The largest absolute Gasteiger partial charge is 0.394 e. The molecule has 7 nitrogen and oxygen atoms in total. The molecule has 0 unspecified atom stereocenters. The van der Waals surface area contributed by atoms with E-state index in [0.717, 1.165) is 4.57 Å². The predicted octanol–water partition coefficient (Wildman–Crippen LogP) is -1.08. The van der Waals surface area contributed by atoms with Crippen LogP contribution in [0.1, 0.15) is 18.2 Å². The van der Waals surface area contributed by atoms with Crippen molar-refractivity contribution in [2.24, 2.45) is 0 Å². The summed E-state index contributed by atoms with van der Waals surface area (Å²) in [5.41, 5.74) is -1.07. The number of rotatable bonds is 2. The number of aromatic nitrogens is 2. The van der Waals surface area contributed by atoms with Crippen LogP contribution in [0.3, 0.4) is 0 Å². The Morgan fingerprint density at radius 1 is 1.58 bits per heavy atom. The highest BCUT2D eigenvalue weighted by molar-refractivity contribution is 14.1. The molecule has 19 heavy (non-hydrogen) atoms. The van der Waals surface area contributed by atoms with Gasteiger partial charge in [0, 0.05) is 35.2 Å². The van der Waals surface area contributed by atoms with E-state index in [1.807, 2.05) is 0 Å². The summed E-state index contributed by atoms with van der Waals surface area (Å²) >= 11 is 1.78. The molecule has 0 bridgehead atoms. The molecule has 1 aromatic heterocycles. The molecule has 0 saturated carbocycles. The van der Waals surface area contributed by atoms with Gasteiger partial charge in [0.25, 0.3) is 5.56 Å². The normalized spacial score (nSPS) is 25.9. The van der Waals surface area contributed by atoms with Crippen molar-refractivity contribution in [1.29, 1.82) is 0 Å². The number of H-pyrrole nitrogens is 1. The number of hydrogen-bond acceptors (Lipinski definition) is 5. The van der Waals surface area contributed by atoms with Crippen molar-refractivity contribution in [2.75, 3.05) is 6.61 Å². The smallest absolute Gasteiger partial charge is 0.330 e. The van der Waals surface area contributed by atoms with Gasteiger partial charge in [-0.2, -0.15) is 0 Å². The van der Waals surface area contributed by atoms with E-state index in [2.05, 4.69) is 14.8 Å². The Morgan fingerprint density at radius 2 is 2.32 bits per heavy atom. The summed E-state index contributed by atoms with van der Waals surface area (Å²) in [7, 11) is 0. The van der Waals surface area contributed by atoms with E-state index < -0.39 is 29.7 Å². The monoisotopic (exact) mass is 378 g/mol. The van der Waals surface area contributed by atoms with Gasteiger partial charge in [-0.1, -0.05) is 0 Å². The highest BCUT2D eigenvalue weighted by Gasteiger charge is 2.35. The maximum absolute atomic E-state index is 11.7. The summed E-state index contributed by atoms with van der Waals surface area (Å²) in [5.74, 6) is 2.57. The van der Waals surface area contributed by atoms with Gasteiger partial charge in [-0.05, 0) is 9.85 Å². The molecule has 0 radical (unpaired) electrons. The summed E-state index contributed by atoms with van der Waals surface area (Å²) in [6.45, 7) is -0.337. The summed E-state index contributed by atoms with van der Waals surface area (Å²) < 4.78 is 9.06. The number of nitrogens with one attached hydrogen (secondary N) is 1. The zero-order valence-corrected chi connectivity index (χ0v) is 11.8. The van der Waals surface area contributed by atoms with Gasteiger partial charge in [-0.15, -0.1) is 0 Å². The summed E-state index contributed by atoms with van der Waals surface area (Å²) in [6.07, 6.45) is -0.861. The van der Waals surface area contributed by atoms with E-state index in [1.165, 1.54) is 6.20 Å². The third-order valence-corrected chi connectivity index (χ3v) is 3.11. The lowest BCUT2D eigenvalue weighted by Crippen LogP contribution is -2.33. The minimum absolute atomic E-state index is 0.138. The third kappa shape index (κ3) is 2.89. The van der Waals surface area contributed by atoms with Crippen molar-refractivity contribution in [2.45, 2.75) is 24.9 Å². The molecule has 1 saturated heterocycles. The third-order valence-electron chi connectivity index (χ3n) is 2.84. The molecule has 1 aliphatic heterocycles. The molecule has 8 heteroatoms. The molecule has 1 aliphatic rings. The predicted molar refractivity (Wildman–Crippen MR) is 73.8 cm³/mol. The lowest BCUT2D eigenvalue weighted by molar-refractivity contribution is -0.0459. The minimum atomic E-state index is -0.854. The van der Waals surface area contributed by atoms with E-state index in [4.69, 9.17) is 9.84 Å². The molecule has 2 rings (SSSR count). The van der Waals surface area contributed by atoms with E-state index in [0.29, 0.717) is 0 Å². The Hall–Kier alpha value is -1.15. The number of aromatic amines is 1. The molecule has 0 spiro atoms. The first-order valence-electron chi connectivity index (χ1n) is 5.48. The molecule has 3 atom stereocenters. The maximum atomic E-state index is 11.7. The second-order valence-corrected chi connectivity index (χ2v) is 4.58. The molecule has 1 aromatic rings. The van der Waals surface area contributed by atoms with Crippen LogP contribution in [0.5, 0.6) is 0 Å². The molecule has 3 N–H and O–H groups in total. The number of ether oxygens (including phenoxy) is 1. The maximum Gasteiger partial charge on any atom is 0.330 e. The first-order chi connectivity index (χ1) is 9.06. The van der Waals surface area contributed by atoms with Gasteiger partial charge >= 0.3 is 5.69 Å². The molecule has 0 aromatic carbocycles. The topological polar surface area (TPSA) is 105 Å². The summed E-state index contributed by atoms with van der Waals surface area (Å²) in [5, 5.41) is 18.6. The Morgan fingerprint density at radius 3 is 2.89 bits per heavy atom. The Kier molecular flexibility index (Phi) is 4.41. The molecular formula is C11H11IN2O5. The van der Waals surface area contributed by atoms with Gasteiger partial charge in [0.2, 0.25) is 0 Å². The Balaban J connectivity index is 2.40. The second kappa shape index (κ2) is 5.87. The zero-order chi connectivity index (χ0) is 14.0. The van der Waals surface area contributed by atoms with Crippen LogP contribution in [-0.4, -0.2) is 38.6 Å². The van der Waals surface area contributed by atoms with Crippen LogP contribution >= 0.6 is 22.6 Å². The van der Waals surface area contributed by atoms with Crippen LogP contribution in [0, 0.1) is 9.85 Å². The Labute approximate surface area is 121 Å². The molecule has 102 valence electrons. The average molecular weight is 378 g/mol. The first-order valence-corrected chi connectivity index (χ1v) is 6.56. The SMILES string of the molecule is O=c1[nH]c(=O)n([C@@H]2C[C@H](O)[C@@H](CO)O2)cc1C#CI. The minimum Gasteiger partial charge on any atom is -0.394 e. The fraction of sp³-hybridized carbons (Fsp3) is 0.455. The Bertz CT molecular complexity index is 641. The highest BCUT2D eigenvalue weighted by atomic mass is 127. The number of aliphatic hydroxyl groups excluding tert-OH is 2. The molecule has 0 amide bonds. The first kappa shape index (κ1) is 14.3. The van der Waals surface area contributed by atoms with Crippen molar-refractivity contribution in [3.8, 4) is 9.85 Å². The molecule has 2 heterocycles. The van der Waals surface area contributed by atoms with Crippen molar-refractivity contribution in [3.05, 3.63) is 32.6 Å². The fourth-order valence-corrected chi connectivity index (χ4v) is 2.18. The zero-order valence-electron chi connectivity index (χ0n) is 9.67. The van der Waals surface area contributed by atoms with E-state index in [9.17, 15) is 14.7 Å². The van der Waals surface area contributed by atoms with Gasteiger partial charge in [-0.25, -0.2) is 4.79 Å². The molecular weight excluding hydrogens is 367 g/mol. The van der Waals surface area contributed by atoms with Gasteiger partial charge in [0.15, 0.2) is 0 Å². The van der Waals surface area contributed by atoms with Crippen molar-refractivity contribution in [3.63, 3.8) is 0 Å². The van der Waals surface area contributed by atoms with Crippen LogP contribution in [0.4, 0.5) is 0 Å². The molecule has 1 fully saturated rings. The van der Waals surface area contributed by atoms with Crippen LogP contribution in [0.2, 0.25) is 0 Å². The van der Waals surface area contributed by atoms with Crippen molar-refractivity contribution in [1.82, 2.24) is 9.55 Å². The number of hydrogen-bond donors (Lipinski definition) is 3. The van der Waals surface area contributed by atoms with Gasteiger partial charge in [-0.3, -0.25) is 14.3 Å². The van der Waals surface area contributed by atoms with Gasteiger partial charge in [0.1, 0.15) is 17.9 Å². The van der Waals surface area contributed by atoms with Crippen LogP contribution < -0.4 is 11.2 Å². The number of nitrogens with zero attached hydrogens (tertiary/aromatic N) is 1. The van der Waals surface area contributed by atoms with E-state index >= 15 is 0 Å². The lowest BCUT2D eigenvalue weighted by atomic mass is 10.2. The van der Waals surface area contributed by atoms with Gasteiger partial charge in [0.05, 0.1) is 12.7 Å². The lowest BCUT2D eigenvalue weighted by Gasteiger charge is -2.14. The summed E-state index contributed by atoms with van der Waals surface area (Å²) in [4.78, 5) is 25.3. The van der Waals surface area contributed by atoms with Crippen LogP contribution in [0.15, 0.2) is 15.8 Å². The standard InChI is InChI=1S/C11H11IN2O5/c12-2-1-6-4-14(11(18)13-10(6)17)9-3-7(16)8(5-15)19-9/h4,7-9,15-16H,3,5H2,(H,13,17,18)/t7-,8+,9-/m0/s1. The van der Waals surface area contributed by atoms with Crippen LogP contribution in [-0.2, 0) is 4.74 Å². The fourth-order valence-electron chi connectivity index (χ4n) is 1.89. The van der Waals surface area contributed by atoms with E-state index in [-0.39, 0.29) is 18.6 Å². The van der Waals surface area contributed by atoms with Gasteiger partial charge < -0.3 is 14.9 Å². The highest BCUT2D eigenvalue weighted by Crippen LogP contribution is 2.27. The van der Waals surface area contributed by atoms with Crippen molar-refractivity contribution < 1.29 is 14.9 Å².